The summed E-state index contributed by atoms with van der Waals surface area (Å²) in [6.07, 6.45) is 0. The van der Waals surface area contributed by atoms with Gasteiger partial charge in [0, 0.05) is 0 Å². The van der Waals surface area contributed by atoms with Gasteiger partial charge in [0.15, 0.2) is 0 Å². The third-order valence-corrected chi connectivity index (χ3v) is 1.66. The molecule has 8 heavy (non-hydrogen) atoms. The van der Waals surface area contributed by atoms with Crippen LogP contribution in [0.1, 0.15) is 0 Å². The molecule has 0 amide bonds. The van der Waals surface area contributed by atoms with Crippen molar-refractivity contribution in [2.45, 2.75) is 6.04 Å². The van der Waals surface area contributed by atoms with Crippen molar-refractivity contribution in [1.82, 2.24) is 4.33 Å². The molecule has 5 heteroatoms. The summed E-state index contributed by atoms with van der Waals surface area (Å²) in [5.74, 6) is -0.565. The predicted molar refractivity (Wildman–Crippen MR) is 35.6 cm³/mol. The van der Waals surface area contributed by atoms with Gasteiger partial charge in [-0.05, 0) is 0 Å². The number of hydrogen-bond acceptors (Lipinski definition) is 3. The summed E-state index contributed by atoms with van der Waals surface area (Å²) in [5, 5.41) is 8.25. The quantitative estimate of drug-likeness (QED) is 0.395. The average Bonchev–Trinajstić information content (AvgIpc) is 1.69. The van der Waals surface area contributed by atoms with Crippen LogP contribution in [0, 0.1) is 0 Å². The second-order valence-corrected chi connectivity index (χ2v) is 2.11. The van der Waals surface area contributed by atoms with Crippen molar-refractivity contribution in [3.8, 4) is 0 Å². The molecule has 0 heterocycles. The van der Waals surface area contributed by atoms with E-state index in [1.54, 1.807) is 0 Å². The number of carbonyl (C=O) groups is 1. The molecular formula is C3H7NO2SSe. The van der Waals surface area contributed by atoms with Crippen molar-refractivity contribution < 1.29 is 9.90 Å². The SMILES string of the molecule is O=C(O)C(CS)N[SeH]. The molecule has 48 valence electrons. The van der Waals surface area contributed by atoms with Gasteiger partial charge in [0.2, 0.25) is 0 Å². The summed E-state index contributed by atoms with van der Waals surface area (Å²) in [5.41, 5.74) is 0. The molecule has 0 aromatic heterocycles. The molecule has 0 spiro atoms. The summed E-state index contributed by atoms with van der Waals surface area (Å²) in [4.78, 5) is 10.0. The van der Waals surface area contributed by atoms with Gasteiger partial charge >= 0.3 is 60.9 Å². The molecule has 0 fully saturated rings. The monoisotopic (exact) mass is 201 g/mol. The molecule has 0 aromatic carbocycles. The van der Waals surface area contributed by atoms with Crippen molar-refractivity contribution in [1.29, 1.82) is 0 Å². The Hall–Kier alpha value is 0.299. The first-order valence-corrected chi connectivity index (χ1v) is 3.52. The molecule has 0 saturated heterocycles. The third-order valence-electron chi connectivity index (χ3n) is 0.637. The molecule has 0 aliphatic carbocycles. The van der Waals surface area contributed by atoms with Crippen LogP contribution in [0.5, 0.6) is 0 Å². The summed E-state index contributed by atoms with van der Waals surface area (Å²) in [6, 6.07) is -0.543. The van der Waals surface area contributed by atoms with E-state index >= 15 is 0 Å². The minimum absolute atomic E-state index is 0.310. The van der Waals surface area contributed by atoms with Crippen molar-refractivity contribution in [2.24, 2.45) is 0 Å². The van der Waals surface area contributed by atoms with E-state index in [1.807, 2.05) is 16.2 Å². The molecule has 1 atom stereocenters. The second kappa shape index (κ2) is 4.21. The normalized spacial score (nSPS) is 13.2. The minimum atomic E-state index is -0.874. The standard InChI is InChI=1S/C3H7NO2SSe/c5-3(6)2(1-7)4-8/h2,4,7-8H,1H2,(H,5,6). The number of aliphatic carboxylic acids is 1. The molecule has 3 nitrogen and oxygen atoms in total. The summed E-state index contributed by atoms with van der Waals surface area (Å²) < 4.78 is 2.51. The summed E-state index contributed by atoms with van der Waals surface area (Å²) >= 11 is 5.78. The molecule has 0 aliphatic heterocycles. The van der Waals surface area contributed by atoms with Gasteiger partial charge in [0.1, 0.15) is 0 Å². The van der Waals surface area contributed by atoms with Crippen LogP contribution in [0.2, 0.25) is 0 Å². The van der Waals surface area contributed by atoms with Crippen molar-refractivity contribution in [3.63, 3.8) is 0 Å². The maximum absolute atomic E-state index is 10.0. The van der Waals surface area contributed by atoms with Gasteiger partial charge in [-0.2, -0.15) is 0 Å². The van der Waals surface area contributed by atoms with E-state index < -0.39 is 12.0 Å². The van der Waals surface area contributed by atoms with Crippen LogP contribution in [-0.2, 0) is 4.79 Å². The Morgan fingerprint density at radius 1 is 2.00 bits per heavy atom. The fourth-order valence-electron chi connectivity index (χ4n) is 0.174. The molecular weight excluding hydrogens is 193 g/mol. The molecule has 0 rings (SSSR count). The zero-order valence-corrected chi connectivity index (χ0v) is 6.81. The Morgan fingerprint density at radius 3 is 2.50 bits per heavy atom. The van der Waals surface area contributed by atoms with Crippen LogP contribution in [0.15, 0.2) is 0 Å². The van der Waals surface area contributed by atoms with Crippen molar-refractivity contribution in [2.75, 3.05) is 5.75 Å². The van der Waals surface area contributed by atoms with Gasteiger partial charge in [-0.25, -0.2) is 0 Å². The number of nitrogens with one attached hydrogen (secondary N) is 1. The van der Waals surface area contributed by atoms with E-state index in [4.69, 9.17) is 5.11 Å². The molecule has 0 aliphatic rings. The topological polar surface area (TPSA) is 49.3 Å². The summed E-state index contributed by atoms with van der Waals surface area (Å²) in [7, 11) is 0. The zero-order valence-electron chi connectivity index (χ0n) is 4.03. The first-order valence-electron chi connectivity index (χ1n) is 1.95. The number of thiol groups is 1. The van der Waals surface area contributed by atoms with Crippen LogP contribution in [-0.4, -0.2) is 39.1 Å². The van der Waals surface area contributed by atoms with Gasteiger partial charge in [-0.15, -0.1) is 0 Å². The third kappa shape index (κ3) is 2.57. The Morgan fingerprint density at radius 2 is 2.50 bits per heavy atom. The first-order chi connectivity index (χ1) is 3.72. The van der Waals surface area contributed by atoms with Crippen LogP contribution < -0.4 is 4.33 Å². The fourth-order valence-corrected chi connectivity index (χ4v) is 1.16. The van der Waals surface area contributed by atoms with E-state index in [-0.39, 0.29) is 0 Å². The van der Waals surface area contributed by atoms with Crippen molar-refractivity contribution in [3.05, 3.63) is 0 Å². The summed E-state index contributed by atoms with van der Waals surface area (Å²) in [6.45, 7) is 0. The van der Waals surface area contributed by atoms with E-state index in [2.05, 4.69) is 17.0 Å². The van der Waals surface area contributed by atoms with Crippen LogP contribution in [0.3, 0.4) is 0 Å². The fraction of sp³-hybridized carbons (Fsp3) is 0.667. The molecule has 0 aromatic rings. The average molecular weight is 200 g/mol. The molecule has 0 saturated carbocycles. The molecule has 1 unspecified atom stereocenters. The second-order valence-electron chi connectivity index (χ2n) is 1.20. The Bertz CT molecular complexity index is 85.4. The van der Waals surface area contributed by atoms with E-state index in [1.165, 1.54) is 0 Å². The number of hydrogen-bond donors (Lipinski definition) is 3. The number of carboxylic acid groups (broad SMARTS) is 1. The molecule has 0 radical (unpaired) electrons. The predicted octanol–water partition coefficient (Wildman–Crippen LogP) is -1.23. The Kier molecular flexibility index (Phi) is 4.36. The molecule has 2 N–H and O–H groups in total. The van der Waals surface area contributed by atoms with E-state index in [0.717, 1.165) is 0 Å². The van der Waals surface area contributed by atoms with E-state index in [0.29, 0.717) is 5.75 Å². The molecule has 0 bridgehead atoms. The van der Waals surface area contributed by atoms with Gasteiger partial charge < -0.3 is 0 Å². The van der Waals surface area contributed by atoms with Gasteiger partial charge in [0.05, 0.1) is 0 Å². The number of carboxylic acids is 1. The first kappa shape index (κ1) is 8.30. The zero-order chi connectivity index (χ0) is 6.57. The Labute approximate surface area is 61.3 Å². The number of rotatable bonds is 3. The van der Waals surface area contributed by atoms with Crippen LogP contribution in [0.25, 0.3) is 0 Å². The maximum atomic E-state index is 10.0. The van der Waals surface area contributed by atoms with Crippen molar-refractivity contribution >= 4 is 34.8 Å². The van der Waals surface area contributed by atoms with Gasteiger partial charge in [-0.1, -0.05) is 0 Å². The Balaban J connectivity index is 3.52. The van der Waals surface area contributed by atoms with Gasteiger partial charge in [0.25, 0.3) is 0 Å². The van der Waals surface area contributed by atoms with Gasteiger partial charge in [-0.3, -0.25) is 0 Å². The van der Waals surface area contributed by atoms with Crippen LogP contribution >= 0.6 is 12.6 Å². The van der Waals surface area contributed by atoms with E-state index in [9.17, 15) is 4.79 Å². The van der Waals surface area contributed by atoms with Crippen LogP contribution in [0.4, 0.5) is 0 Å².